The van der Waals surface area contributed by atoms with Gasteiger partial charge >= 0.3 is 0 Å². The van der Waals surface area contributed by atoms with Crippen LogP contribution in [0.2, 0.25) is 0 Å². The number of benzene rings is 1. The number of rotatable bonds is 4. The third-order valence-electron chi connectivity index (χ3n) is 4.49. The number of hydrogen-bond donors (Lipinski definition) is 0. The zero-order valence-corrected chi connectivity index (χ0v) is 16.1. The fourth-order valence-corrected chi connectivity index (χ4v) is 4.08. The molecule has 1 aliphatic heterocycles. The van der Waals surface area contributed by atoms with E-state index in [9.17, 15) is 4.79 Å². The van der Waals surface area contributed by atoms with Crippen LogP contribution in [-0.2, 0) is 0 Å². The first kappa shape index (κ1) is 17.7. The third-order valence-corrected chi connectivity index (χ3v) is 5.94. The van der Waals surface area contributed by atoms with Gasteiger partial charge in [-0.3, -0.25) is 4.79 Å². The van der Waals surface area contributed by atoms with Crippen LogP contribution >= 0.6 is 11.3 Å². The minimum absolute atomic E-state index is 0.113. The third kappa shape index (κ3) is 3.63. The van der Waals surface area contributed by atoms with E-state index in [1.54, 1.807) is 7.11 Å². The molecule has 2 heterocycles. The first-order chi connectivity index (χ1) is 12.0. The number of carbonyl (C=O) groups is 1. The van der Waals surface area contributed by atoms with Crippen molar-refractivity contribution in [2.75, 3.05) is 38.2 Å². The van der Waals surface area contributed by atoms with Crippen LogP contribution in [0.3, 0.4) is 0 Å². The molecule has 6 heteroatoms. The van der Waals surface area contributed by atoms with Crippen molar-refractivity contribution in [2.24, 2.45) is 0 Å². The number of anilines is 1. The molecule has 1 fully saturated rings. The second-order valence-corrected chi connectivity index (χ2v) is 7.60. The summed E-state index contributed by atoms with van der Waals surface area (Å²) in [6, 6.07) is 8.03. The van der Waals surface area contributed by atoms with E-state index in [0.29, 0.717) is 19.0 Å². The Morgan fingerprint density at radius 1 is 1.20 bits per heavy atom. The van der Waals surface area contributed by atoms with Crippen molar-refractivity contribution in [3.63, 3.8) is 0 Å². The number of thiazole rings is 1. The zero-order valence-electron chi connectivity index (χ0n) is 15.3. The van der Waals surface area contributed by atoms with Gasteiger partial charge in [0, 0.05) is 32.1 Å². The van der Waals surface area contributed by atoms with E-state index in [1.807, 2.05) is 30.0 Å². The van der Waals surface area contributed by atoms with E-state index in [-0.39, 0.29) is 5.91 Å². The Morgan fingerprint density at radius 3 is 2.48 bits per heavy atom. The van der Waals surface area contributed by atoms with Crippen LogP contribution < -0.4 is 9.64 Å². The van der Waals surface area contributed by atoms with Crippen molar-refractivity contribution >= 4 is 22.9 Å². The number of nitrogens with zero attached hydrogens (tertiary/aromatic N) is 3. The normalized spacial score (nSPS) is 14.9. The van der Waals surface area contributed by atoms with E-state index in [2.05, 4.69) is 29.8 Å². The molecule has 0 N–H and O–H groups in total. The Labute approximate surface area is 153 Å². The van der Waals surface area contributed by atoms with E-state index < -0.39 is 0 Å². The molecular weight excluding hydrogens is 334 g/mol. The van der Waals surface area contributed by atoms with Gasteiger partial charge in [-0.2, -0.15) is 0 Å². The molecule has 25 heavy (non-hydrogen) atoms. The molecule has 1 aromatic carbocycles. The number of carbonyl (C=O) groups excluding carboxylic acids is 1. The fraction of sp³-hybridized carbons (Fsp3) is 0.474. The molecule has 1 aromatic heterocycles. The van der Waals surface area contributed by atoms with E-state index in [4.69, 9.17) is 4.74 Å². The number of piperazine rings is 1. The predicted octanol–water partition coefficient (Wildman–Crippen LogP) is 3.55. The first-order valence-corrected chi connectivity index (χ1v) is 9.47. The monoisotopic (exact) mass is 359 g/mol. The minimum atomic E-state index is 0.113. The second-order valence-electron chi connectivity index (χ2n) is 6.57. The van der Waals surface area contributed by atoms with Crippen LogP contribution in [0.1, 0.15) is 40.1 Å². The highest BCUT2D eigenvalue weighted by atomic mass is 32.1. The summed E-state index contributed by atoms with van der Waals surface area (Å²) in [4.78, 5) is 22.4. The summed E-state index contributed by atoms with van der Waals surface area (Å²) < 4.78 is 5.45. The van der Waals surface area contributed by atoms with E-state index in [0.717, 1.165) is 40.1 Å². The van der Waals surface area contributed by atoms with Gasteiger partial charge in [0.05, 0.1) is 23.5 Å². The van der Waals surface area contributed by atoms with Gasteiger partial charge in [-0.1, -0.05) is 26.0 Å². The Hall–Kier alpha value is -2.08. The number of hydrogen-bond acceptors (Lipinski definition) is 5. The molecule has 0 aliphatic carbocycles. The second kappa shape index (κ2) is 7.44. The Morgan fingerprint density at radius 2 is 1.88 bits per heavy atom. The van der Waals surface area contributed by atoms with Crippen LogP contribution in [0.5, 0.6) is 5.75 Å². The molecule has 1 amide bonds. The minimum Gasteiger partial charge on any atom is -0.495 e. The smallest absolute Gasteiger partial charge is 0.265 e. The SMILES string of the molecule is COc1ccccc1N1CCN(C(=O)c2sc(C(C)C)nc2C)CC1. The summed E-state index contributed by atoms with van der Waals surface area (Å²) in [5, 5.41) is 1.04. The van der Waals surface area contributed by atoms with Gasteiger partial charge in [0.15, 0.2) is 0 Å². The quantitative estimate of drug-likeness (QED) is 0.838. The van der Waals surface area contributed by atoms with Crippen LogP contribution in [0.25, 0.3) is 0 Å². The highest BCUT2D eigenvalue weighted by Gasteiger charge is 2.26. The summed E-state index contributed by atoms with van der Waals surface area (Å²) in [6.07, 6.45) is 0. The summed E-state index contributed by atoms with van der Waals surface area (Å²) >= 11 is 1.54. The zero-order chi connectivity index (χ0) is 18.0. The average Bonchev–Trinajstić information content (AvgIpc) is 3.03. The lowest BCUT2D eigenvalue weighted by Gasteiger charge is -2.36. The Kier molecular flexibility index (Phi) is 5.27. The van der Waals surface area contributed by atoms with Crippen molar-refractivity contribution in [3.05, 3.63) is 39.8 Å². The first-order valence-electron chi connectivity index (χ1n) is 8.65. The molecule has 0 radical (unpaired) electrons. The summed E-state index contributed by atoms with van der Waals surface area (Å²) in [5.74, 6) is 1.34. The molecule has 0 saturated carbocycles. The van der Waals surface area contributed by atoms with Gasteiger partial charge in [-0.15, -0.1) is 11.3 Å². The summed E-state index contributed by atoms with van der Waals surface area (Å²) in [6.45, 7) is 9.19. The van der Waals surface area contributed by atoms with Crippen molar-refractivity contribution in [2.45, 2.75) is 26.7 Å². The standard InChI is InChI=1S/C19H25N3O2S/c1-13(2)18-20-14(3)17(25-18)19(23)22-11-9-21(10-12-22)15-7-5-6-8-16(15)24-4/h5-8,13H,9-12H2,1-4H3. The average molecular weight is 359 g/mol. The van der Waals surface area contributed by atoms with Crippen LogP contribution in [0.15, 0.2) is 24.3 Å². The maximum absolute atomic E-state index is 12.9. The molecule has 0 bridgehead atoms. The van der Waals surface area contributed by atoms with Crippen LogP contribution in [0, 0.1) is 6.92 Å². The van der Waals surface area contributed by atoms with Crippen molar-refractivity contribution < 1.29 is 9.53 Å². The molecule has 0 atom stereocenters. The summed E-state index contributed by atoms with van der Waals surface area (Å²) in [5.41, 5.74) is 1.94. The predicted molar refractivity (Wildman–Crippen MR) is 102 cm³/mol. The number of aryl methyl sites for hydroxylation is 1. The van der Waals surface area contributed by atoms with Gasteiger partial charge in [-0.25, -0.2) is 4.98 Å². The lowest BCUT2D eigenvalue weighted by atomic mass is 10.2. The molecule has 1 saturated heterocycles. The number of ether oxygens (including phenoxy) is 1. The van der Waals surface area contributed by atoms with Crippen molar-refractivity contribution in [1.29, 1.82) is 0 Å². The number of methoxy groups -OCH3 is 1. The molecule has 3 rings (SSSR count). The van der Waals surface area contributed by atoms with Crippen LogP contribution in [-0.4, -0.2) is 49.1 Å². The lowest BCUT2D eigenvalue weighted by molar-refractivity contribution is 0.0750. The summed E-state index contributed by atoms with van der Waals surface area (Å²) in [7, 11) is 1.69. The van der Waals surface area contributed by atoms with E-state index in [1.165, 1.54) is 11.3 Å². The van der Waals surface area contributed by atoms with Gasteiger partial charge in [0.2, 0.25) is 0 Å². The highest BCUT2D eigenvalue weighted by molar-refractivity contribution is 7.13. The molecule has 0 spiro atoms. The van der Waals surface area contributed by atoms with Gasteiger partial charge in [-0.05, 0) is 19.1 Å². The maximum Gasteiger partial charge on any atom is 0.265 e. The maximum atomic E-state index is 12.9. The molecular formula is C19H25N3O2S. The largest absolute Gasteiger partial charge is 0.495 e. The molecule has 0 unspecified atom stereocenters. The molecule has 1 aliphatic rings. The lowest BCUT2D eigenvalue weighted by Crippen LogP contribution is -2.48. The number of amides is 1. The topological polar surface area (TPSA) is 45.7 Å². The van der Waals surface area contributed by atoms with Crippen molar-refractivity contribution in [1.82, 2.24) is 9.88 Å². The van der Waals surface area contributed by atoms with E-state index >= 15 is 0 Å². The van der Waals surface area contributed by atoms with Gasteiger partial charge in [0.25, 0.3) is 5.91 Å². The Balaban J connectivity index is 1.69. The molecule has 2 aromatic rings. The van der Waals surface area contributed by atoms with Crippen molar-refractivity contribution in [3.8, 4) is 5.75 Å². The fourth-order valence-electron chi connectivity index (χ4n) is 3.05. The molecule has 134 valence electrons. The van der Waals surface area contributed by atoms with Gasteiger partial charge in [0.1, 0.15) is 10.6 Å². The highest BCUT2D eigenvalue weighted by Crippen LogP contribution is 2.29. The van der Waals surface area contributed by atoms with Crippen LogP contribution in [0.4, 0.5) is 5.69 Å². The van der Waals surface area contributed by atoms with Gasteiger partial charge < -0.3 is 14.5 Å². The Bertz CT molecular complexity index is 749. The molecule has 5 nitrogen and oxygen atoms in total. The number of para-hydroxylation sites is 2. The number of aromatic nitrogens is 1.